The average Bonchev–Trinajstić information content (AvgIpc) is 2.67. The van der Waals surface area contributed by atoms with Crippen LogP contribution in [-0.4, -0.2) is 53.7 Å². The molecule has 3 unspecified atom stereocenters. The molecule has 11 nitrogen and oxygen atoms in total. The van der Waals surface area contributed by atoms with E-state index >= 15 is 0 Å². The molecule has 0 aliphatic rings. The van der Waals surface area contributed by atoms with Gasteiger partial charge in [0.05, 0.1) is 12.1 Å². The number of benzene rings is 1. The van der Waals surface area contributed by atoms with Gasteiger partial charge in [0.15, 0.2) is 5.78 Å². The van der Waals surface area contributed by atoms with Gasteiger partial charge in [-0.25, -0.2) is 10.9 Å². The molecule has 0 bridgehead atoms. The number of hydrogen-bond donors (Lipinski definition) is 9. The van der Waals surface area contributed by atoms with E-state index in [0.29, 0.717) is 24.9 Å². The highest BCUT2D eigenvalue weighted by Gasteiger charge is 2.23. The van der Waals surface area contributed by atoms with E-state index in [1.54, 1.807) is 24.3 Å². The van der Waals surface area contributed by atoms with Crippen molar-refractivity contribution in [2.75, 3.05) is 6.54 Å². The monoisotopic (exact) mass is 422 g/mol. The molecule has 0 aliphatic carbocycles. The second-order valence-electron chi connectivity index (χ2n) is 7.12. The summed E-state index contributed by atoms with van der Waals surface area (Å²) >= 11 is 0. The molecule has 0 radical (unpaired) electrons. The Bertz CT molecular complexity index is 694. The van der Waals surface area contributed by atoms with Crippen molar-refractivity contribution in [2.24, 2.45) is 17.2 Å². The van der Waals surface area contributed by atoms with Crippen LogP contribution in [0.2, 0.25) is 0 Å². The molecular formula is C19H34N8O3. The number of nitrogen functional groups attached to an aromatic ring is 1. The lowest BCUT2D eigenvalue weighted by atomic mass is 10.1. The molecule has 3 atom stereocenters. The maximum atomic E-state index is 12.7. The number of amidine groups is 1. The third-order valence-corrected chi connectivity index (χ3v) is 4.43. The predicted molar refractivity (Wildman–Crippen MR) is 115 cm³/mol. The van der Waals surface area contributed by atoms with Crippen LogP contribution in [0.25, 0.3) is 0 Å². The van der Waals surface area contributed by atoms with Gasteiger partial charge in [-0.1, -0.05) is 24.3 Å². The molecule has 0 saturated carbocycles. The molecule has 0 spiro atoms. The second-order valence-corrected chi connectivity index (χ2v) is 7.12. The largest absolute Gasteiger partial charge is 0.391 e. The number of ketones is 1. The van der Waals surface area contributed by atoms with Gasteiger partial charge in [-0.15, -0.1) is 0 Å². The number of Topliss-reactive ketones (excluding diaryl/α,β-unsaturated/α-hetero) is 1. The molecule has 0 saturated heterocycles. The van der Waals surface area contributed by atoms with Crippen LogP contribution in [0.15, 0.2) is 24.3 Å². The number of aliphatic hydroxyl groups excluding tert-OH is 1. The average molecular weight is 423 g/mol. The van der Waals surface area contributed by atoms with Crippen LogP contribution in [0.3, 0.4) is 0 Å². The van der Waals surface area contributed by atoms with Gasteiger partial charge >= 0.3 is 0 Å². The first kappa shape index (κ1) is 25.6. The molecule has 1 aromatic carbocycles. The third-order valence-electron chi connectivity index (χ3n) is 4.43. The number of nitrogens with one attached hydrogen (secondary N) is 5. The Balaban J connectivity index is 2.69. The van der Waals surface area contributed by atoms with Gasteiger partial charge in [0.1, 0.15) is 18.2 Å². The highest BCUT2D eigenvalue weighted by atomic mass is 16.3. The maximum absolute atomic E-state index is 12.7. The van der Waals surface area contributed by atoms with Gasteiger partial charge in [-0.2, -0.15) is 0 Å². The predicted octanol–water partition coefficient (Wildman–Crippen LogP) is -2.04. The first-order valence-electron chi connectivity index (χ1n) is 9.77. The maximum Gasteiger partial charge on any atom is 0.238 e. The Morgan fingerprint density at radius 2 is 1.80 bits per heavy atom. The molecule has 0 fully saturated rings. The van der Waals surface area contributed by atoms with Gasteiger partial charge in [-0.05, 0) is 38.8 Å². The van der Waals surface area contributed by atoms with Gasteiger partial charge in [0, 0.05) is 12.1 Å². The molecule has 0 heterocycles. The van der Waals surface area contributed by atoms with E-state index in [-0.39, 0.29) is 24.1 Å². The van der Waals surface area contributed by atoms with Crippen molar-refractivity contribution in [1.82, 2.24) is 21.5 Å². The first-order chi connectivity index (χ1) is 14.1. The Morgan fingerprint density at radius 1 is 1.17 bits per heavy atom. The summed E-state index contributed by atoms with van der Waals surface area (Å²) in [5, 5.41) is 22.9. The first-order valence-corrected chi connectivity index (χ1v) is 9.77. The van der Waals surface area contributed by atoms with Crippen LogP contribution < -0.4 is 38.7 Å². The fourth-order valence-electron chi connectivity index (χ4n) is 2.71. The van der Waals surface area contributed by atoms with E-state index in [4.69, 9.17) is 22.6 Å². The van der Waals surface area contributed by atoms with E-state index in [1.807, 2.05) is 0 Å². The Morgan fingerprint density at radius 3 is 2.30 bits per heavy atom. The fourth-order valence-corrected chi connectivity index (χ4v) is 2.71. The lowest BCUT2D eigenvalue weighted by Crippen LogP contribution is -2.57. The molecule has 1 amide bonds. The van der Waals surface area contributed by atoms with Crippen molar-refractivity contribution in [1.29, 1.82) is 5.41 Å². The van der Waals surface area contributed by atoms with Crippen LogP contribution in [0.1, 0.15) is 37.8 Å². The Kier molecular flexibility index (Phi) is 11.1. The molecule has 0 aliphatic heterocycles. The minimum atomic E-state index is -0.921. The third kappa shape index (κ3) is 9.39. The van der Waals surface area contributed by atoms with E-state index < -0.39 is 24.5 Å². The SMILES string of the molecule is CC(=O)C(NNC(CCCNC(N)N)C(=O)NCc1ccc(C(=N)N)cc1)C(C)O. The van der Waals surface area contributed by atoms with Crippen LogP contribution in [0, 0.1) is 5.41 Å². The van der Waals surface area contributed by atoms with Gasteiger partial charge in [-0.3, -0.25) is 20.3 Å². The molecule has 11 heteroatoms. The van der Waals surface area contributed by atoms with E-state index in [0.717, 1.165) is 5.56 Å². The summed E-state index contributed by atoms with van der Waals surface area (Å²) in [6, 6.07) is 5.49. The second kappa shape index (κ2) is 13.0. The topological polar surface area (TPSA) is 204 Å². The Labute approximate surface area is 176 Å². The smallest absolute Gasteiger partial charge is 0.238 e. The highest BCUT2D eigenvalue weighted by molar-refractivity contribution is 5.94. The van der Waals surface area contributed by atoms with Crippen LogP contribution >= 0.6 is 0 Å². The summed E-state index contributed by atoms with van der Waals surface area (Å²) in [5.74, 6) is -0.550. The van der Waals surface area contributed by atoms with E-state index in [9.17, 15) is 14.7 Å². The number of hydrogen-bond acceptors (Lipinski definition) is 9. The molecule has 12 N–H and O–H groups in total. The van der Waals surface area contributed by atoms with Crippen molar-refractivity contribution >= 4 is 17.5 Å². The molecule has 1 aromatic rings. The summed E-state index contributed by atoms with van der Waals surface area (Å²) in [4.78, 5) is 24.4. The lowest BCUT2D eigenvalue weighted by molar-refractivity contribution is -0.126. The van der Waals surface area contributed by atoms with Gasteiger partial charge in [0.2, 0.25) is 5.91 Å². The lowest BCUT2D eigenvalue weighted by Gasteiger charge is -2.24. The summed E-state index contributed by atoms with van der Waals surface area (Å²) in [6.07, 6.45) is -0.523. The standard InChI is InChI=1S/C19H34N8O3/c1-11(28)16(12(2)29)27-26-15(4-3-9-24-19(22)23)18(30)25-10-13-5-7-14(8-6-13)17(20)21/h5-8,11,15-16,19,24,26-28H,3-4,9-10,22-23H2,1-2H3,(H3,20,21)(H,25,30). The van der Waals surface area contributed by atoms with E-state index in [2.05, 4.69) is 21.5 Å². The zero-order valence-electron chi connectivity index (χ0n) is 17.4. The number of carbonyl (C=O) groups excluding carboxylic acids is 2. The van der Waals surface area contributed by atoms with Crippen molar-refractivity contribution in [3.63, 3.8) is 0 Å². The Hall–Kier alpha value is -2.41. The number of carbonyl (C=O) groups is 2. The highest BCUT2D eigenvalue weighted by Crippen LogP contribution is 2.05. The van der Waals surface area contributed by atoms with Crippen LogP contribution in [0.5, 0.6) is 0 Å². The number of hydrazine groups is 1. The summed E-state index contributed by atoms with van der Waals surface area (Å²) in [7, 11) is 0. The zero-order valence-corrected chi connectivity index (χ0v) is 17.4. The fraction of sp³-hybridized carbons (Fsp3) is 0.526. The van der Waals surface area contributed by atoms with Crippen molar-refractivity contribution < 1.29 is 14.7 Å². The minimum Gasteiger partial charge on any atom is -0.391 e. The van der Waals surface area contributed by atoms with Gasteiger partial charge < -0.3 is 27.6 Å². The normalized spacial score (nSPS) is 14.2. The number of rotatable bonds is 14. The van der Waals surface area contributed by atoms with Crippen LogP contribution in [0.4, 0.5) is 0 Å². The quantitative estimate of drug-likeness (QED) is 0.0531. The summed E-state index contributed by atoms with van der Waals surface area (Å²) in [6.45, 7) is 3.65. The number of nitrogens with two attached hydrogens (primary N) is 3. The van der Waals surface area contributed by atoms with Crippen LogP contribution in [-0.2, 0) is 16.1 Å². The molecule has 30 heavy (non-hydrogen) atoms. The molecule has 1 rings (SSSR count). The molecule has 168 valence electrons. The van der Waals surface area contributed by atoms with Crippen molar-refractivity contribution in [2.45, 2.75) is 57.7 Å². The summed E-state index contributed by atoms with van der Waals surface area (Å²) < 4.78 is 0. The summed E-state index contributed by atoms with van der Waals surface area (Å²) in [5.41, 5.74) is 23.4. The zero-order chi connectivity index (χ0) is 22.7. The molecular weight excluding hydrogens is 388 g/mol. The number of amides is 1. The van der Waals surface area contributed by atoms with Crippen molar-refractivity contribution in [3.05, 3.63) is 35.4 Å². The van der Waals surface area contributed by atoms with E-state index in [1.165, 1.54) is 13.8 Å². The number of aliphatic hydroxyl groups is 1. The van der Waals surface area contributed by atoms with Gasteiger partial charge in [0.25, 0.3) is 0 Å². The molecule has 0 aromatic heterocycles. The minimum absolute atomic E-state index is 0.0233. The van der Waals surface area contributed by atoms with Crippen molar-refractivity contribution in [3.8, 4) is 0 Å².